The Labute approximate surface area is 217 Å². The largest absolute Gasteiger partial charge is 0.488 e. The monoisotopic (exact) mass is 504 g/mol. The summed E-state index contributed by atoms with van der Waals surface area (Å²) < 4.78 is 7.31. The Kier molecular flexibility index (Phi) is 5.83. The summed E-state index contributed by atoms with van der Waals surface area (Å²) in [6.07, 6.45) is 0. The third kappa shape index (κ3) is 4.20. The first-order valence-electron chi connectivity index (χ1n) is 11.8. The van der Waals surface area contributed by atoms with Gasteiger partial charge < -0.3 is 9.72 Å². The molecule has 6 heteroatoms. The smallest absolute Gasteiger partial charge is 0.333 e. The predicted molar refractivity (Wildman–Crippen MR) is 149 cm³/mol. The molecule has 0 amide bonds. The second-order valence-corrected chi connectivity index (χ2v) is 9.11. The van der Waals surface area contributed by atoms with Crippen LogP contribution in [0.4, 0.5) is 0 Å². The van der Waals surface area contributed by atoms with Crippen LogP contribution in [0.3, 0.4) is 0 Å². The van der Waals surface area contributed by atoms with E-state index in [1.54, 1.807) is 12.1 Å². The van der Waals surface area contributed by atoms with Crippen molar-refractivity contribution < 1.29 is 4.74 Å². The maximum absolute atomic E-state index is 13.5. The number of rotatable bonds is 5. The first kappa shape index (κ1) is 22.8. The van der Waals surface area contributed by atoms with Gasteiger partial charge in [0.25, 0.3) is 5.56 Å². The van der Waals surface area contributed by atoms with E-state index in [9.17, 15) is 9.59 Å². The Bertz CT molecular complexity index is 1900. The number of halogens is 1. The molecule has 0 spiro atoms. The summed E-state index contributed by atoms with van der Waals surface area (Å²) in [5.74, 6) is 0.674. The molecule has 0 bridgehead atoms. The van der Waals surface area contributed by atoms with E-state index in [2.05, 4.69) is 4.98 Å². The molecule has 0 radical (unpaired) electrons. The molecule has 37 heavy (non-hydrogen) atoms. The van der Waals surface area contributed by atoms with E-state index in [1.165, 1.54) is 4.57 Å². The van der Waals surface area contributed by atoms with Gasteiger partial charge in [-0.2, -0.15) is 0 Å². The second-order valence-electron chi connectivity index (χ2n) is 8.71. The lowest BCUT2D eigenvalue weighted by atomic mass is 10.0. The van der Waals surface area contributed by atoms with Crippen LogP contribution in [-0.4, -0.2) is 9.55 Å². The molecule has 0 aliphatic heterocycles. The van der Waals surface area contributed by atoms with Crippen LogP contribution in [-0.2, 0) is 6.61 Å². The van der Waals surface area contributed by atoms with Crippen LogP contribution in [0.25, 0.3) is 38.5 Å². The molecule has 1 N–H and O–H groups in total. The van der Waals surface area contributed by atoms with Crippen molar-refractivity contribution in [1.29, 1.82) is 0 Å². The van der Waals surface area contributed by atoms with Crippen molar-refractivity contribution in [2.75, 3.05) is 0 Å². The lowest BCUT2D eigenvalue weighted by Gasteiger charge is -2.13. The summed E-state index contributed by atoms with van der Waals surface area (Å²) in [5, 5.41) is 2.85. The number of nitrogens with zero attached hydrogens (tertiary/aromatic N) is 1. The van der Waals surface area contributed by atoms with E-state index in [4.69, 9.17) is 16.3 Å². The number of H-pyrrole nitrogens is 1. The third-order valence-electron chi connectivity index (χ3n) is 6.44. The highest BCUT2D eigenvalue weighted by Gasteiger charge is 2.14. The fraction of sp³-hybridized carbons (Fsp3) is 0.0323. The van der Waals surface area contributed by atoms with Gasteiger partial charge in [0.15, 0.2) is 0 Å². The maximum atomic E-state index is 13.5. The van der Waals surface area contributed by atoms with E-state index >= 15 is 0 Å². The van der Waals surface area contributed by atoms with E-state index in [1.807, 2.05) is 97.1 Å². The SMILES string of the molecule is O=c1[nH]c2cc(-c3ccccc3OCc3ccccc3Cl)ccc2c(=O)n1-c1cccc2ccccc12. The van der Waals surface area contributed by atoms with Gasteiger partial charge in [-0.15, -0.1) is 0 Å². The Morgan fingerprint density at radius 1 is 0.757 bits per heavy atom. The summed E-state index contributed by atoms with van der Waals surface area (Å²) in [6.45, 7) is 0.316. The van der Waals surface area contributed by atoms with Crippen LogP contribution in [0.2, 0.25) is 5.02 Å². The van der Waals surface area contributed by atoms with Gasteiger partial charge in [0.2, 0.25) is 0 Å². The molecular weight excluding hydrogens is 484 g/mol. The molecule has 1 aromatic heterocycles. The van der Waals surface area contributed by atoms with Gasteiger partial charge in [0.05, 0.1) is 16.6 Å². The van der Waals surface area contributed by atoms with Crippen LogP contribution in [0.1, 0.15) is 5.56 Å². The van der Waals surface area contributed by atoms with E-state index < -0.39 is 5.69 Å². The van der Waals surface area contributed by atoms with Crippen molar-refractivity contribution >= 4 is 33.3 Å². The molecule has 180 valence electrons. The van der Waals surface area contributed by atoms with Gasteiger partial charge in [-0.3, -0.25) is 4.79 Å². The maximum Gasteiger partial charge on any atom is 0.333 e. The molecule has 6 rings (SSSR count). The van der Waals surface area contributed by atoms with Crippen LogP contribution in [0, 0.1) is 0 Å². The number of benzene rings is 5. The number of hydrogen-bond donors (Lipinski definition) is 1. The number of fused-ring (bicyclic) bond motifs is 2. The van der Waals surface area contributed by atoms with E-state index in [-0.39, 0.29) is 5.56 Å². The second kappa shape index (κ2) is 9.45. The Hall–Kier alpha value is -4.61. The van der Waals surface area contributed by atoms with Crippen molar-refractivity contribution in [3.05, 3.63) is 141 Å². The summed E-state index contributed by atoms with van der Waals surface area (Å²) in [6, 6.07) is 33.9. The zero-order valence-electron chi connectivity index (χ0n) is 19.6. The molecular formula is C31H21ClN2O3. The first-order valence-corrected chi connectivity index (χ1v) is 12.2. The molecule has 0 aliphatic carbocycles. The molecule has 0 saturated carbocycles. The Morgan fingerprint density at radius 2 is 1.51 bits per heavy atom. The third-order valence-corrected chi connectivity index (χ3v) is 6.81. The molecule has 0 fully saturated rings. The zero-order chi connectivity index (χ0) is 25.4. The van der Waals surface area contributed by atoms with Crippen molar-refractivity contribution in [2.45, 2.75) is 6.61 Å². The Balaban J connectivity index is 1.42. The molecule has 0 aliphatic rings. The molecule has 5 aromatic carbocycles. The highest BCUT2D eigenvalue weighted by molar-refractivity contribution is 6.31. The quantitative estimate of drug-likeness (QED) is 0.283. The molecule has 5 nitrogen and oxygen atoms in total. The minimum Gasteiger partial charge on any atom is -0.488 e. The topological polar surface area (TPSA) is 64.1 Å². The fourth-order valence-electron chi connectivity index (χ4n) is 4.61. The highest BCUT2D eigenvalue weighted by Crippen LogP contribution is 2.32. The average Bonchev–Trinajstić information content (AvgIpc) is 2.92. The van der Waals surface area contributed by atoms with E-state index in [0.717, 1.165) is 27.5 Å². The van der Waals surface area contributed by atoms with Gasteiger partial charge in [-0.1, -0.05) is 90.5 Å². The summed E-state index contributed by atoms with van der Waals surface area (Å²) >= 11 is 6.29. The summed E-state index contributed by atoms with van der Waals surface area (Å²) in [4.78, 5) is 29.6. The lowest BCUT2D eigenvalue weighted by Crippen LogP contribution is -2.33. The normalized spacial score (nSPS) is 11.2. The summed E-state index contributed by atoms with van der Waals surface area (Å²) in [5.41, 5.74) is 2.70. The van der Waals surface area contributed by atoms with Crippen LogP contribution >= 0.6 is 11.6 Å². The van der Waals surface area contributed by atoms with Crippen LogP contribution < -0.4 is 16.0 Å². The van der Waals surface area contributed by atoms with Gasteiger partial charge in [0.1, 0.15) is 12.4 Å². The predicted octanol–water partition coefficient (Wildman–Crippen LogP) is 6.73. The number of para-hydroxylation sites is 1. The van der Waals surface area contributed by atoms with Gasteiger partial charge in [-0.05, 0) is 41.3 Å². The molecule has 1 heterocycles. The standard InChI is InChI=1S/C31H21ClN2O3/c32-26-13-5-2-9-22(26)19-37-29-15-6-4-12-24(29)21-16-17-25-27(18-21)33-31(36)34(30(25)35)28-14-7-10-20-8-1-3-11-23(20)28/h1-18H,19H2,(H,33,36). The minimum absolute atomic E-state index is 0.316. The van der Waals surface area contributed by atoms with Gasteiger partial charge in [0, 0.05) is 21.5 Å². The number of aromatic nitrogens is 2. The number of hydrogen-bond acceptors (Lipinski definition) is 3. The van der Waals surface area contributed by atoms with Crippen LogP contribution in [0.5, 0.6) is 5.75 Å². The van der Waals surface area contributed by atoms with Gasteiger partial charge >= 0.3 is 5.69 Å². The highest BCUT2D eigenvalue weighted by atomic mass is 35.5. The zero-order valence-corrected chi connectivity index (χ0v) is 20.4. The molecule has 6 aromatic rings. The first-order chi connectivity index (χ1) is 18.1. The van der Waals surface area contributed by atoms with Crippen molar-refractivity contribution in [3.8, 4) is 22.6 Å². The molecule has 0 saturated heterocycles. The lowest BCUT2D eigenvalue weighted by molar-refractivity contribution is 0.307. The van der Waals surface area contributed by atoms with Crippen molar-refractivity contribution in [1.82, 2.24) is 9.55 Å². The number of aromatic amines is 1. The molecule has 0 unspecified atom stereocenters. The fourth-order valence-corrected chi connectivity index (χ4v) is 4.80. The minimum atomic E-state index is -0.491. The number of nitrogens with one attached hydrogen (secondary N) is 1. The van der Waals surface area contributed by atoms with E-state index in [0.29, 0.717) is 34.0 Å². The van der Waals surface area contributed by atoms with Gasteiger partial charge in [-0.25, -0.2) is 9.36 Å². The Morgan fingerprint density at radius 3 is 2.41 bits per heavy atom. The number of ether oxygens (including phenoxy) is 1. The summed E-state index contributed by atoms with van der Waals surface area (Å²) in [7, 11) is 0. The van der Waals surface area contributed by atoms with Crippen LogP contribution in [0.15, 0.2) is 119 Å². The average molecular weight is 505 g/mol. The van der Waals surface area contributed by atoms with Crippen molar-refractivity contribution in [3.63, 3.8) is 0 Å². The van der Waals surface area contributed by atoms with Crippen molar-refractivity contribution in [2.24, 2.45) is 0 Å². The molecule has 0 atom stereocenters.